The van der Waals surface area contributed by atoms with Gasteiger partial charge in [0.25, 0.3) is 16.1 Å². The van der Waals surface area contributed by atoms with E-state index < -0.39 is 0 Å². The van der Waals surface area contributed by atoms with Crippen LogP contribution in [0.4, 0.5) is 0 Å². The van der Waals surface area contributed by atoms with Crippen molar-refractivity contribution in [2.45, 2.75) is 0 Å². The summed E-state index contributed by atoms with van der Waals surface area (Å²) in [7, 11) is 8.25. The summed E-state index contributed by atoms with van der Waals surface area (Å²) in [5.41, 5.74) is 0. The molecule has 4 heavy (non-hydrogen) atoms. The predicted molar refractivity (Wildman–Crippen MR) is 12.6 cm³/mol. The molecular formula is B2HfO. The van der Waals surface area contributed by atoms with Crippen LogP contribution in [0.25, 0.3) is 0 Å². The fourth-order valence-corrected chi connectivity index (χ4v) is 0. The van der Waals surface area contributed by atoms with Gasteiger partial charge in [0.05, 0.1) is 0 Å². The summed E-state index contributed by atoms with van der Waals surface area (Å²) in [6.45, 7) is 0. The van der Waals surface area contributed by atoms with Crippen LogP contribution < -0.4 is 0 Å². The average molecular weight is 216 g/mol. The minimum atomic E-state index is 0. The zero-order chi connectivity index (χ0) is 2.71. The molecule has 0 heterocycles. The van der Waals surface area contributed by atoms with Crippen molar-refractivity contribution in [2.75, 3.05) is 0 Å². The molecule has 0 aromatic heterocycles. The molecule has 0 fully saturated rings. The first-order chi connectivity index (χ1) is 1.41. The fraction of sp³-hybridized carbons (Fsp3) is 0. The molecule has 4 heteroatoms. The van der Waals surface area contributed by atoms with Crippen molar-refractivity contribution in [1.29, 1.82) is 0 Å². The summed E-state index contributed by atoms with van der Waals surface area (Å²) in [6.07, 6.45) is 0. The monoisotopic (exact) mass is 218 g/mol. The van der Waals surface area contributed by atoms with Crippen LogP contribution in [0.3, 0.4) is 0 Å². The van der Waals surface area contributed by atoms with Crippen LogP contribution >= 0.6 is 0 Å². The quantitative estimate of drug-likeness (QED) is 0.480. The van der Waals surface area contributed by atoms with Crippen molar-refractivity contribution >= 4 is 16.1 Å². The van der Waals surface area contributed by atoms with Crippen molar-refractivity contribution in [3.63, 3.8) is 0 Å². The summed E-state index contributed by atoms with van der Waals surface area (Å²) in [4.78, 5) is 0. The van der Waals surface area contributed by atoms with E-state index in [4.69, 9.17) is 0 Å². The van der Waals surface area contributed by atoms with Crippen LogP contribution in [0.5, 0.6) is 0 Å². The van der Waals surface area contributed by atoms with Gasteiger partial charge in [0, 0.05) is 25.8 Å². The van der Waals surface area contributed by atoms with Gasteiger partial charge < -0.3 is 4.57 Å². The maximum Gasteiger partial charge on any atom is 0.257 e. The molecular weight excluding hydrogens is 216 g/mol. The number of rotatable bonds is 0. The molecule has 1 nitrogen and oxygen atoms in total. The smallest absolute Gasteiger partial charge is 0.257 e. The van der Waals surface area contributed by atoms with Crippen molar-refractivity contribution in [2.24, 2.45) is 0 Å². The van der Waals surface area contributed by atoms with E-state index in [0.717, 1.165) is 0 Å². The van der Waals surface area contributed by atoms with Gasteiger partial charge in [0.1, 0.15) is 0 Å². The van der Waals surface area contributed by atoms with Crippen LogP contribution in [0, 0.1) is 0 Å². The molecule has 0 aromatic carbocycles. The van der Waals surface area contributed by atoms with Crippen molar-refractivity contribution in [3.05, 3.63) is 0 Å². The average Bonchev–Trinajstić information content (AvgIpc) is 0.918. The Bertz CT molecular complexity index is 6.00. The van der Waals surface area contributed by atoms with Gasteiger partial charge in [-0.3, -0.25) is 0 Å². The van der Waals surface area contributed by atoms with Crippen LogP contribution in [0.1, 0.15) is 0 Å². The van der Waals surface area contributed by atoms with E-state index >= 15 is 0 Å². The van der Waals surface area contributed by atoms with Crippen molar-refractivity contribution < 1.29 is 30.4 Å². The van der Waals surface area contributed by atoms with Gasteiger partial charge in [-0.15, -0.1) is 0 Å². The third-order valence-corrected chi connectivity index (χ3v) is 0. The molecule has 0 amide bonds. The Kier molecular flexibility index (Phi) is 20.0. The van der Waals surface area contributed by atoms with Crippen LogP contribution in [0.2, 0.25) is 0 Å². The van der Waals surface area contributed by atoms with Gasteiger partial charge in [-0.05, 0) is 0 Å². The first-order valence-electron chi connectivity index (χ1n) is 0.471. The third kappa shape index (κ3) is 12.3. The molecule has 0 aliphatic heterocycles. The summed E-state index contributed by atoms with van der Waals surface area (Å²) >= 11 is 0. The molecule has 4 radical (unpaired) electrons. The van der Waals surface area contributed by atoms with Gasteiger partial charge in [-0.1, -0.05) is 0 Å². The summed E-state index contributed by atoms with van der Waals surface area (Å²) in [6, 6.07) is 0. The van der Waals surface area contributed by atoms with Crippen LogP contribution in [0.15, 0.2) is 0 Å². The molecule has 0 aliphatic rings. The zero-order valence-corrected chi connectivity index (χ0v) is 5.66. The maximum absolute atomic E-state index is 4.12. The minimum Gasteiger partial charge on any atom is -0.514 e. The molecule has 0 aliphatic carbocycles. The van der Waals surface area contributed by atoms with Gasteiger partial charge in [0.2, 0.25) is 0 Å². The Labute approximate surface area is 46.8 Å². The van der Waals surface area contributed by atoms with Crippen molar-refractivity contribution in [1.82, 2.24) is 0 Å². The van der Waals surface area contributed by atoms with Gasteiger partial charge in [-0.25, -0.2) is 0 Å². The molecule has 0 N–H and O–H groups in total. The minimum absolute atomic E-state index is 0. The summed E-state index contributed by atoms with van der Waals surface area (Å²) < 4.78 is 3.25. The zero-order valence-electron chi connectivity index (χ0n) is 2.06. The topological polar surface area (TPSA) is 9.23 Å². The second kappa shape index (κ2) is 9.03. The second-order valence-electron chi connectivity index (χ2n) is 0.136. The maximum atomic E-state index is 4.12. The van der Waals surface area contributed by atoms with Crippen molar-refractivity contribution in [3.8, 4) is 0 Å². The Morgan fingerprint density at radius 1 is 1.25 bits per heavy atom. The van der Waals surface area contributed by atoms with E-state index in [-0.39, 0.29) is 25.8 Å². The first kappa shape index (κ1) is 8.88. The molecule has 0 saturated heterocycles. The molecule has 0 bridgehead atoms. The van der Waals surface area contributed by atoms with Crippen LogP contribution in [-0.4, -0.2) is 16.1 Å². The van der Waals surface area contributed by atoms with Gasteiger partial charge in [0.15, 0.2) is 0 Å². The normalized spacial score (nSPS) is 4.00. The van der Waals surface area contributed by atoms with Crippen LogP contribution in [-0.2, 0) is 30.4 Å². The fourth-order valence-electron chi connectivity index (χ4n) is 0. The number of hydrogen-bond donors (Lipinski definition) is 0. The van der Waals surface area contributed by atoms with E-state index in [1.54, 1.807) is 0 Å². The standard InChI is InChI=1S/B2O.Hf/c1-3-2;. The summed E-state index contributed by atoms with van der Waals surface area (Å²) in [5.74, 6) is 0. The second-order valence-corrected chi connectivity index (χ2v) is 0.136. The SMILES string of the molecule is [B]O[B].[Hf]. The molecule has 0 saturated carbocycles. The van der Waals surface area contributed by atoms with Gasteiger partial charge in [-0.2, -0.15) is 0 Å². The van der Waals surface area contributed by atoms with E-state index in [1.807, 2.05) is 0 Å². The first-order valence-corrected chi connectivity index (χ1v) is 0.471. The van der Waals surface area contributed by atoms with E-state index in [0.29, 0.717) is 0 Å². The van der Waals surface area contributed by atoms with Gasteiger partial charge >= 0.3 is 0 Å². The summed E-state index contributed by atoms with van der Waals surface area (Å²) in [5, 5.41) is 0. The molecule has 0 spiro atoms. The molecule has 0 rings (SSSR count). The number of hydrogen-bond acceptors (Lipinski definition) is 1. The Morgan fingerprint density at radius 2 is 1.25 bits per heavy atom. The molecule has 0 aromatic rings. The largest absolute Gasteiger partial charge is 0.514 e. The van der Waals surface area contributed by atoms with E-state index in [2.05, 4.69) is 20.7 Å². The molecule has 0 unspecified atom stereocenters. The third-order valence-electron chi connectivity index (χ3n) is 0. The van der Waals surface area contributed by atoms with E-state index in [9.17, 15) is 0 Å². The van der Waals surface area contributed by atoms with E-state index in [1.165, 1.54) is 0 Å². The predicted octanol–water partition coefficient (Wildman–Crippen LogP) is -0.833. The Morgan fingerprint density at radius 3 is 1.25 bits per heavy atom. The molecule has 0 atom stereocenters. The Hall–Kier alpha value is 0.960. The Balaban J connectivity index is 0. The molecule has 16 valence electrons.